The Bertz CT molecular complexity index is 1390. The molecule has 0 aliphatic rings. The number of hydrogen-bond acceptors (Lipinski definition) is 4. The summed E-state index contributed by atoms with van der Waals surface area (Å²) < 4.78 is 40.6. The predicted molar refractivity (Wildman–Crippen MR) is 157 cm³/mol. The van der Waals surface area contributed by atoms with Crippen molar-refractivity contribution in [2.75, 3.05) is 17.1 Å². The standard InChI is InChI=1S/C31H38FN3O4S/c1-6-24(4)33-31(37)29(19-25-10-8-7-9-11-25)34(20-26-12-14-27(32)15-13-26)30(36)21-35(40(5,38)39)28-17-22(2)16-23(3)18-28/h7-18,24,29H,6,19-21H2,1-5H3,(H,33,37)/t24-,29-/m1/s1. The average Bonchev–Trinajstić information content (AvgIpc) is 2.89. The van der Waals surface area contributed by atoms with Gasteiger partial charge in [-0.1, -0.05) is 55.5 Å². The Hall–Kier alpha value is -3.72. The van der Waals surface area contributed by atoms with Gasteiger partial charge in [-0.3, -0.25) is 13.9 Å². The Kier molecular flexibility index (Phi) is 10.5. The molecule has 0 aromatic heterocycles. The maximum absolute atomic E-state index is 14.1. The van der Waals surface area contributed by atoms with Crippen molar-refractivity contribution in [1.29, 1.82) is 0 Å². The molecule has 3 rings (SSSR count). The molecule has 0 saturated carbocycles. The van der Waals surface area contributed by atoms with Crippen LogP contribution in [0.3, 0.4) is 0 Å². The number of benzene rings is 3. The van der Waals surface area contributed by atoms with Crippen molar-refractivity contribution < 1.29 is 22.4 Å². The molecule has 0 heterocycles. The van der Waals surface area contributed by atoms with E-state index in [0.29, 0.717) is 17.7 Å². The summed E-state index contributed by atoms with van der Waals surface area (Å²) >= 11 is 0. The Morgan fingerprint density at radius 3 is 2.08 bits per heavy atom. The van der Waals surface area contributed by atoms with E-state index in [2.05, 4.69) is 5.32 Å². The van der Waals surface area contributed by atoms with Gasteiger partial charge in [0.1, 0.15) is 18.4 Å². The maximum atomic E-state index is 14.1. The summed E-state index contributed by atoms with van der Waals surface area (Å²) in [5, 5.41) is 2.99. The van der Waals surface area contributed by atoms with E-state index in [-0.39, 0.29) is 24.9 Å². The van der Waals surface area contributed by atoms with Crippen LogP contribution in [0.25, 0.3) is 0 Å². The van der Waals surface area contributed by atoms with Gasteiger partial charge in [0.25, 0.3) is 0 Å². The molecule has 9 heteroatoms. The van der Waals surface area contributed by atoms with Crippen LogP contribution in [0.15, 0.2) is 72.8 Å². The largest absolute Gasteiger partial charge is 0.352 e. The molecule has 1 N–H and O–H groups in total. The molecule has 2 atom stereocenters. The molecule has 40 heavy (non-hydrogen) atoms. The van der Waals surface area contributed by atoms with E-state index in [1.54, 1.807) is 24.3 Å². The molecular weight excluding hydrogens is 529 g/mol. The summed E-state index contributed by atoms with van der Waals surface area (Å²) in [5.74, 6) is -1.31. The summed E-state index contributed by atoms with van der Waals surface area (Å²) in [4.78, 5) is 29.1. The SMILES string of the molecule is CC[C@@H](C)NC(=O)[C@@H](Cc1ccccc1)N(Cc1ccc(F)cc1)C(=O)CN(c1cc(C)cc(C)c1)S(C)(=O)=O. The number of sulfonamides is 1. The molecule has 0 saturated heterocycles. The minimum atomic E-state index is -3.85. The molecule has 0 unspecified atom stereocenters. The van der Waals surface area contributed by atoms with Gasteiger partial charge in [-0.05, 0) is 73.7 Å². The van der Waals surface area contributed by atoms with Crippen LogP contribution in [0.5, 0.6) is 0 Å². The van der Waals surface area contributed by atoms with Crippen LogP contribution < -0.4 is 9.62 Å². The Morgan fingerprint density at radius 1 is 0.925 bits per heavy atom. The second-order valence-corrected chi connectivity index (χ2v) is 12.2. The van der Waals surface area contributed by atoms with Crippen molar-refractivity contribution in [2.45, 2.75) is 59.2 Å². The topological polar surface area (TPSA) is 86.8 Å². The number of hydrogen-bond donors (Lipinski definition) is 1. The smallest absolute Gasteiger partial charge is 0.244 e. The first-order valence-corrected chi connectivity index (χ1v) is 15.2. The third kappa shape index (κ3) is 8.64. The quantitative estimate of drug-likeness (QED) is 0.342. The lowest BCUT2D eigenvalue weighted by molar-refractivity contribution is -0.140. The highest BCUT2D eigenvalue weighted by Gasteiger charge is 2.33. The fourth-order valence-electron chi connectivity index (χ4n) is 4.49. The molecule has 0 fully saturated rings. The Balaban J connectivity index is 2.07. The van der Waals surface area contributed by atoms with Gasteiger partial charge in [0, 0.05) is 19.0 Å². The minimum Gasteiger partial charge on any atom is -0.352 e. The molecule has 0 aliphatic heterocycles. The molecule has 7 nitrogen and oxygen atoms in total. The van der Waals surface area contributed by atoms with E-state index in [0.717, 1.165) is 27.3 Å². The van der Waals surface area contributed by atoms with Gasteiger partial charge in [-0.15, -0.1) is 0 Å². The predicted octanol–water partition coefficient (Wildman–Crippen LogP) is 4.76. The van der Waals surface area contributed by atoms with E-state index in [4.69, 9.17) is 0 Å². The third-order valence-corrected chi connectivity index (χ3v) is 7.85. The zero-order valence-corrected chi connectivity index (χ0v) is 24.5. The lowest BCUT2D eigenvalue weighted by atomic mass is 10.0. The molecule has 214 valence electrons. The first-order chi connectivity index (χ1) is 18.9. The zero-order chi connectivity index (χ0) is 29.4. The monoisotopic (exact) mass is 567 g/mol. The van der Waals surface area contributed by atoms with Crippen LogP contribution in [-0.2, 0) is 32.6 Å². The summed E-state index contributed by atoms with van der Waals surface area (Å²) in [6.07, 6.45) is 1.97. The van der Waals surface area contributed by atoms with E-state index < -0.39 is 34.3 Å². The van der Waals surface area contributed by atoms with Crippen molar-refractivity contribution in [3.63, 3.8) is 0 Å². The van der Waals surface area contributed by atoms with Crippen LogP contribution in [0.2, 0.25) is 0 Å². The lowest BCUT2D eigenvalue weighted by Crippen LogP contribution is -2.54. The highest BCUT2D eigenvalue weighted by Crippen LogP contribution is 2.23. The maximum Gasteiger partial charge on any atom is 0.244 e. The number of anilines is 1. The van der Waals surface area contributed by atoms with Crippen molar-refractivity contribution in [3.05, 3.63) is 101 Å². The van der Waals surface area contributed by atoms with Gasteiger partial charge < -0.3 is 10.2 Å². The Labute approximate surface area is 237 Å². The molecule has 3 aromatic carbocycles. The average molecular weight is 568 g/mol. The van der Waals surface area contributed by atoms with Crippen LogP contribution in [0.4, 0.5) is 10.1 Å². The molecule has 3 aromatic rings. The van der Waals surface area contributed by atoms with Crippen molar-refractivity contribution in [2.24, 2.45) is 0 Å². The fourth-order valence-corrected chi connectivity index (χ4v) is 5.32. The van der Waals surface area contributed by atoms with Crippen molar-refractivity contribution in [3.8, 4) is 0 Å². The summed E-state index contributed by atoms with van der Waals surface area (Å²) in [7, 11) is -3.85. The van der Waals surface area contributed by atoms with Crippen molar-refractivity contribution >= 4 is 27.5 Å². The molecule has 2 amide bonds. The molecule has 0 spiro atoms. The normalized spacial score (nSPS) is 12.8. The molecule has 0 aliphatic carbocycles. The summed E-state index contributed by atoms with van der Waals surface area (Å²) in [6.45, 7) is 7.05. The molecular formula is C31H38FN3O4S. The lowest BCUT2D eigenvalue weighted by Gasteiger charge is -2.34. The van der Waals surface area contributed by atoms with Crippen LogP contribution in [0, 0.1) is 19.7 Å². The number of nitrogens with one attached hydrogen (secondary N) is 1. The highest BCUT2D eigenvalue weighted by atomic mass is 32.2. The van der Waals surface area contributed by atoms with Crippen LogP contribution in [0.1, 0.15) is 42.5 Å². The number of carbonyl (C=O) groups is 2. The molecule has 0 bridgehead atoms. The minimum absolute atomic E-state index is 0.00497. The first kappa shape index (κ1) is 30.8. The van der Waals surface area contributed by atoms with Gasteiger partial charge in [0.15, 0.2) is 0 Å². The van der Waals surface area contributed by atoms with E-state index >= 15 is 0 Å². The third-order valence-electron chi connectivity index (χ3n) is 6.71. The Morgan fingerprint density at radius 2 is 1.52 bits per heavy atom. The number of halogens is 1. The van der Waals surface area contributed by atoms with E-state index in [9.17, 15) is 22.4 Å². The van der Waals surface area contributed by atoms with Crippen LogP contribution in [-0.4, -0.2) is 50.0 Å². The van der Waals surface area contributed by atoms with Gasteiger partial charge in [-0.2, -0.15) is 0 Å². The number of rotatable bonds is 12. The number of nitrogens with zero attached hydrogens (tertiary/aromatic N) is 2. The first-order valence-electron chi connectivity index (χ1n) is 13.3. The second kappa shape index (κ2) is 13.6. The second-order valence-electron chi connectivity index (χ2n) is 10.3. The highest BCUT2D eigenvalue weighted by molar-refractivity contribution is 7.92. The van der Waals surface area contributed by atoms with Gasteiger partial charge in [0.2, 0.25) is 21.8 Å². The summed E-state index contributed by atoms with van der Waals surface area (Å²) in [6, 6.07) is 19.3. The van der Waals surface area contributed by atoms with E-state index in [1.807, 2.05) is 64.1 Å². The van der Waals surface area contributed by atoms with Crippen LogP contribution >= 0.6 is 0 Å². The zero-order valence-electron chi connectivity index (χ0n) is 23.7. The fraction of sp³-hybridized carbons (Fsp3) is 0.355. The molecule has 0 radical (unpaired) electrons. The number of amides is 2. The van der Waals surface area contributed by atoms with Gasteiger partial charge >= 0.3 is 0 Å². The summed E-state index contributed by atoms with van der Waals surface area (Å²) in [5.41, 5.74) is 3.54. The van der Waals surface area contributed by atoms with Crippen molar-refractivity contribution in [1.82, 2.24) is 10.2 Å². The van der Waals surface area contributed by atoms with Gasteiger partial charge in [-0.25, -0.2) is 12.8 Å². The number of carbonyl (C=O) groups excluding carboxylic acids is 2. The van der Waals surface area contributed by atoms with E-state index in [1.165, 1.54) is 17.0 Å². The number of aryl methyl sites for hydroxylation is 2. The van der Waals surface area contributed by atoms with Gasteiger partial charge in [0.05, 0.1) is 11.9 Å².